The number of carboxylic acid groups (broad SMARTS) is 1. The van der Waals surface area contributed by atoms with Crippen molar-refractivity contribution in [3.63, 3.8) is 0 Å². The largest absolute Gasteiger partial charge is 0.481 e. The number of amides is 1. The molecule has 8 heteroatoms. The maximum absolute atomic E-state index is 11.8. The minimum atomic E-state index is -1.01. The van der Waals surface area contributed by atoms with Crippen LogP contribution in [0, 0.1) is 0 Å². The Labute approximate surface area is 177 Å². The molecule has 0 aliphatic heterocycles. The monoisotopic (exact) mass is 413 g/mol. The lowest BCUT2D eigenvalue weighted by molar-refractivity contribution is -0.138. The summed E-state index contributed by atoms with van der Waals surface area (Å²) >= 11 is 0. The molecule has 4 N–H and O–H groups in total. The van der Waals surface area contributed by atoms with E-state index in [1.165, 1.54) is 0 Å². The topological polar surface area (TPSA) is 131 Å². The fourth-order valence-electron chi connectivity index (χ4n) is 3.16. The molecule has 0 aliphatic rings. The molecule has 0 spiro atoms. The lowest BCUT2D eigenvalue weighted by Crippen LogP contribution is -2.13. The first-order valence-electron chi connectivity index (χ1n) is 9.61. The van der Waals surface area contributed by atoms with Crippen LogP contribution in [0.1, 0.15) is 12.8 Å². The molecule has 0 fully saturated rings. The summed E-state index contributed by atoms with van der Waals surface area (Å²) in [6.45, 7) is 0. The second-order valence-electron chi connectivity index (χ2n) is 6.88. The van der Waals surface area contributed by atoms with Crippen LogP contribution >= 0.6 is 0 Å². The zero-order valence-corrected chi connectivity index (χ0v) is 16.4. The summed E-state index contributed by atoms with van der Waals surface area (Å²) in [5.41, 5.74) is 10.9. The maximum Gasteiger partial charge on any atom is 0.303 e. The van der Waals surface area contributed by atoms with Gasteiger partial charge in [0.2, 0.25) is 11.9 Å². The van der Waals surface area contributed by atoms with Crippen molar-refractivity contribution in [1.82, 2.24) is 15.0 Å². The fraction of sp³-hybridized carbons (Fsp3) is 0.0870. The maximum atomic E-state index is 11.8. The molecule has 1 amide bonds. The Hall–Kier alpha value is -4.33. The zero-order chi connectivity index (χ0) is 21.8. The van der Waals surface area contributed by atoms with E-state index >= 15 is 0 Å². The first-order chi connectivity index (χ1) is 15.0. The Morgan fingerprint density at radius 3 is 2.29 bits per heavy atom. The molecule has 0 radical (unpaired) electrons. The molecule has 4 rings (SSSR count). The third-order valence-electron chi connectivity index (χ3n) is 4.64. The predicted octanol–water partition coefficient (Wildman–Crippen LogP) is 3.74. The number of nitrogen functional groups attached to an aromatic ring is 1. The number of pyridine rings is 1. The Bertz CT molecular complexity index is 1260. The highest BCUT2D eigenvalue weighted by Gasteiger charge is 2.12. The normalized spacial score (nSPS) is 10.7. The fourth-order valence-corrected chi connectivity index (χ4v) is 3.16. The molecule has 2 heterocycles. The van der Waals surface area contributed by atoms with Gasteiger partial charge < -0.3 is 16.2 Å². The Morgan fingerprint density at radius 1 is 0.839 bits per heavy atom. The number of aliphatic carboxylic acids is 1. The van der Waals surface area contributed by atoms with Gasteiger partial charge in [-0.1, -0.05) is 42.5 Å². The number of carbonyl (C=O) groups is 2. The number of anilines is 2. The molecule has 0 saturated carbocycles. The SMILES string of the molecule is Nc1nc(-c2ccccc2)c2nc(-c3ccc(NC(=O)CCC(=O)O)cc3)ccc2n1. The number of nitrogens with two attached hydrogens (primary N) is 1. The van der Waals surface area contributed by atoms with Gasteiger partial charge in [-0.25, -0.2) is 15.0 Å². The average Bonchev–Trinajstić information content (AvgIpc) is 2.78. The van der Waals surface area contributed by atoms with Crippen LogP contribution in [0.2, 0.25) is 0 Å². The van der Waals surface area contributed by atoms with E-state index in [2.05, 4.69) is 15.3 Å². The van der Waals surface area contributed by atoms with Crippen LogP contribution in [0.3, 0.4) is 0 Å². The molecule has 154 valence electrons. The van der Waals surface area contributed by atoms with Crippen LogP contribution in [-0.4, -0.2) is 31.9 Å². The number of carbonyl (C=O) groups excluding carboxylic acids is 1. The van der Waals surface area contributed by atoms with Crippen molar-refractivity contribution in [2.24, 2.45) is 0 Å². The summed E-state index contributed by atoms with van der Waals surface area (Å²) in [7, 11) is 0. The number of aromatic nitrogens is 3. The van der Waals surface area contributed by atoms with E-state index in [-0.39, 0.29) is 24.7 Å². The van der Waals surface area contributed by atoms with Gasteiger partial charge in [0.25, 0.3) is 0 Å². The molecule has 0 saturated heterocycles. The van der Waals surface area contributed by atoms with E-state index < -0.39 is 5.97 Å². The molecule has 8 nitrogen and oxygen atoms in total. The summed E-state index contributed by atoms with van der Waals surface area (Å²) in [6, 6.07) is 20.5. The van der Waals surface area contributed by atoms with Crippen molar-refractivity contribution in [3.8, 4) is 22.5 Å². The standard InChI is InChI=1S/C23H19N5O3/c24-23-27-18-11-10-17(26-22(18)21(28-23)15-4-2-1-3-5-15)14-6-8-16(9-7-14)25-19(29)12-13-20(30)31/h1-11H,12-13H2,(H,25,29)(H,30,31)(H2,24,27,28). The molecule has 0 atom stereocenters. The average molecular weight is 413 g/mol. The second-order valence-corrected chi connectivity index (χ2v) is 6.88. The van der Waals surface area contributed by atoms with Crippen LogP contribution in [0.5, 0.6) is 0 Å². The van der Waals surface area contributed by atoms with Crippen LogP contribution in [0.15, 0.2) is 66.7 Å². The first-order valence-corrected chi connectivity index (χ1v) is 9.61. The molecular formula is C23H19N5O3. The Balaban J connectivity index is 1.63. The molecule has 0 bridgehead atoms. The third-order valence-corrected chi connectivity index (χ3v) is 4.64. The smallest absolute Gasteiger partial charge is 0.303 e. The molecule has 0 aliphatic carbocycles. The van der Waals surface area contributed by atoms with Gasteiger partial charge in [-0.15, -0.1) is 0 Å². The molecule has 31 heavy (non-hydrogen) atoms. The lowest BCUT2D eigenvalue weighted by Gasteiger charge is -2.09. The number of carboxylic acids is 1. The van der Waals surface area contributed by atoms with Gasteiger partial charge in [-0.3, -0.25) is 9.59 Å². The zero-order valence-electron chi connectivity index (χ0n) is 16.4. The van der Waals surface area contributed by atoms with Crippen LogP contribution in [0.4, 0.5) is 11.6 Å². The molecule has 0 unspecified atom stereocenters. The summed E-state index contributed by atoms with van der Waals surface area (Å²) in [5.74, 6) is -1.17. The van der Waals surface area contributed by atoms with Gasteiger partial charge in [0, 0.05) is 23.2 Å². The molecule has 2 aromatic carbocycles. The summed E-state index contributed by atoms with van der Waals surface area (Å²) in [4.78, 5) is 35.8. The quantitative estimate of drug-likeness (QED) is 0.439. The van der Waals surface area contributed by atoms with Gasteiger partial charge in [-0.05, 0) is 24.3 Å². The van der Waals surface area contributed by atoms with Crippen molar-refractivity contribution >= 4 is 34.5 Å². The highest BCUT2D eigenvalue weighted by Crippen LogP contribution is 2.28. The van der Waals surface area contributed by atoms with Crippen LogP contribution < -0.4 is 11.1 Å². The number of fused-ring (bicyclic) bond motifs is 1. The van der Waals surface area contributed by atoms with Crippen LogP contribution in [0.25, 0.3) is 33.5 Å². The molecule has 4 aromatic rings. The van der Waals surface area contributed by atoms with Crippen molar-refractivity contribution in [3.05, 3.63) is 66.7 Å². The van der Waals surface area contributed by atoms with E-state index in [1.54, 1.807) is 12.1 Å². The minimum absolute atomic E-state index is 0.0747. The minimum Gasteiger partial charge on any atom is -0.481 e. The predicted molar refractivity (Wildman–Crippen MR) is 118 cm³/mol. The second kappa shape index (κ2) is 8.58. The van der Waals surface area contributed by atoms with Crippen molar-refractivity contribution < 1.29 is 14.7 Å². The van der Waals surface area contributed by atoms with Gasteiger partial charge in [0.05, 0.1) is 17.6 Å². The number of nitrogens with one attached hydrogen (secondary N) is 1. The number of hydrogen-bond acceptors (Lipinski definition) is 6. The third kappa shape index (κ3) is 4.64. The van der Waals surface area contributed by atoms with Crippen molar-refractivity contribution in [2.45, 2.75) is 12.8 Å². The summed E-state index contributed by atoms with van der Waals surface area (Å²) in [6.07, 6.45) is -0.282. The number of benzene rings is 2. The van der Waals surface area contributed by atoms with E-state index in [0.717, 1.165) is 16.8 Å². The van der Waals surface area contributed by atoms with Gasteiger partial charge >= 0.3 is 5.97 Å². The summed E-state index contributed by atoms with van der Waals surface area (Å²) in [5, 5.41) is 11.4. The van der Waals surface area contributed by atoms with Gasteiger partial charge in [-0.2, -0.15) is 0 Å². The Morgan fingerprint density at radius 2 is 1.58 bits per heavy atom. The van der Waals surface area contributed by atoms with E-state index in [0.29, 0.717) is 22.4 Å². The first kappa shape index (κ1) is 20.0. The van der Waals surface area contributed by atoms with Crippen LogP contribution in [-0.2, 0) is 9.59 Å². The van der Waals surface area contributed by atoms with E-state index in [9.17, 15) is 9.59 Å². The summed E-state index contributed by atoms with van der Waals surface area (Å²) < 4.78 is 0. The highest BCUT2D eigenvalue weighted by molar-refractivity contribution is 5.93. The molecular weight excluding hydrogens is 394 g/mol. The highest BCUT2D eigenvalue weighted by atomic mass is 16.4. The van der Waals surface area contributed by atoms with Crippen molar-refractivity contribution in [1.29, 1.82) is 0 Å². The van der Waals surface area contributed by atoms with E-state index in [4.69, 9.17) is 15.8 Å². The molecule has 2 aromatic heterocycles. The number of rotatable bonds is 6. The van der Waals surface area contributed by atoms with Crippen molar-refractivity contribution in [2.75, 3.05) is 11.1 Å². The Kier molecular flexibility index (Phi) is 5.53. The number of hydrogen-bond donors (Lipinski definition) is 3. The lowest BCUT2D eigenvalue weighted by atomic mass is 10.1. The number of nitrogens with zero attached hydrogens (tertiary/aromatic N) is 3. The van der Waals surface area contributed by atoms with Gasteiger partial charge in [0.1, 0.15) is 11.2 Å². The van der Waals surface area contributed by atoms with Gasteiger partial charge in [0.15, 0.2) is 0 Å². The van der Waals surface area contributed by atoms with E-state index in [1.807, 2.05) is 54.6 Å².